The second-order valence-corrected chi connectivity index (χ2v) is 5.26. The van der Waals surface area contributed by atoms with Crippen molar-refractivity contribution in [2.24, 2.45) is 0 Å². The highest BCUT2D eigenvalue weighted by Gasteiger charge is 2.23. The molecule has 5 nitrogen and oxygen atoms in total. The van der Waals surface area contributed by atoms with E-state index in [1.165, 1.54) is 6.08 Å². The molecule has 0 aromatic heterocycles. The van der Waals surface area contributed by atoms with E-state index in [0.29, 0.717) is 0 Å². The van der Waals surface area contributed by atoms with Gasteiger partial charge in [-0.2, -0.15) is 0 Å². The fourth-order valence-corrected chi connectivity index (χ4v) is 2.19. The molecular formula is C20H24O5. The van der Waals surface area contributed by atoms with Gasteiger partial charge in [0.2, 0.25) is 6.10 Å². The van der Waals surface area contributed by atoms with Gasteiger partial charge in [-0.1, -0.05) is 62.1 Å². The van der Waals surface area contributed by atoms with Crippen LogP contribution in [0.4, 0.5) is 4.79 Å². The normalized spacial score (nSPS) is 12.6. The summed E-state index contributed by atoms with van der Waals surface area (Å²) in [6.45, 7) is 7.40. The summed E-state index contributed by atoms with van der Waals surface area (Å²) in [6, 6.07) is 7.50. The molecule has 0 amide bonds. The van der Waals surface area contributed by atoms with Gasteiger partial charge in [-0.05, 0) is 30.0 Å². The van der Waals surface area contributed by atoms with E-state index >= 15 is 0 Å². The molecule has 1 rings (SSSR count). The molecule has 5 heteroatoms. The van der Waals surface area contributed by atoms with Gasteiger partial charge in [0.05, 0.1) is 0 Å². The van der Waals surface area contributed by atoms with Crippen LogP contribution in [0.5, 0.6) is 0 Å². The Morgan fingerprint density at radius 1 is 1.28 bits per heavy atom. The SMILES string of the molecule is C=CCOC(=O)OC(Cc1ccc(C(/C=C\C)=C/CC)cc1)C(=O)O. The first-order valence-corrected chi connectivity index (χ1v) is 8.11. The van der Waals surface area contributed by atoms with Gasteiger partial charge in [-0.25, -0.2) is 9.59 Å². The molecule has 0 aliphatic heterocycles. The van der Waals surface area contributed by atoms with Crippen molar-refractivity contribution in [2.45, 2.75) is 32.8 Å². The molecule has 1 unspecified atom stereocenters. The third-order valence-electron chi connectivity index (χ3n) is 3.31. The topological polar surface area (TPSA) is 72.8 Å². The van der Waals surface area contributed by atoms with E-state index in [1.807, 2.05) is 43.3 Å². The number of carbonyl (C=O) groups is 2. The molecule has 0 aliphatic rings. The predicted octanol–water partition coefficient (Wildman–Crippen LogP) is 4.39. The molecular weight excluding hydrogens is 320 g/mol. The third kappa shape index (κ3) is 7.08. The molecule has 0 bridgehead atoms. The van der Waals surface area contributed by atoms with Gasteiger partial charge < -0.3 is 14.6 Å². The smallest absolute Gasteiger partial charge is 0.478 e. The summed E-state index contributed by atoms with van der Waals surface area (Å²) in [5.74, 6) is -1.22. The molecule has 134 valence electrons. The number of ether oxygens (including phenoxy) is 2. The Hall–Kier alpha value is -2.82. The minimum absolute atomic E-state index is 0.0304. The number of hydrogen-bond acceptors (Lipinski definition) is 4. The minimum atomic E-state index is -1.30. The van der Waals surface area contributed by atoms with Crippen LogP contribution < -0.4 is 0 Å². The Labute approximate surface area is 148 Å². The maximum absolute atomic E-state index is 11.4. The van der Waals surface area contributed by atoms with Crippen LogP contribution in [0.2, 0.25) is 0 Å². The highest BCUT2D eigenvalue weighted by atomic mass is 16.7. The van der Waals surface area contributed by atoms with E-state index in [0.717, 1.165) is 23.1 Å². The monoisotopic (exact) mass is 344 g/mol. The van der Waals surface area contributed by atoms with E-state index in [1.54, 1.807) is 0 Å². The molecule has 0 radical (unpaired) electrons. The van der Waals surface area contributed by atoms with Crippen molar-refractivity contribution in [1.29, 1.82) is 0 Å². The van der Waals surface area contributed by atoms with Crippen LogP contribution in [-0.4, -0.2) is 29.9 Å². The average Bonchev–Trinajstić information content (AvgIpc) is 2.59. The Balaban J connectivity index is 2.82. The van der Waals surface area contributed by atoms with Crippen LogP contribution in [0.1, 0.15) is 31.4 Å². The molecule has 0 aliphatic carbocycles. The zero-order valence-corrected chi connectivity index (χ0v) is 14.6. The number of rotatable bonds is 9. The van der Waals surface area contributed by atoms with E-state index in [-0.39, 0.29) is 13.0 Å². The first-order chi connectivity index (χ1) is 12.0. The van der Waals surface area contributed by atoms with Gasteiger partial charge in [0.25, 0.3) is 0 Å². The summed E-state index contributed by atoms with van der Waals surface area (Å²) in [5.41, 5.74) is 2.90. The summed E-state index contributed by atoms with van der Waals surface area (Å²) < 4.78 is 9.50. The standard InChI is InChI=1S/C20H24O5/c1-4-7-16(8-5-2)17-11-9-15(10-12-17)14-18(19(21)22)25-20(23)24-13-6-3/h4,6-12,18H,3,5,13-14H2,1-2H3,(H,21,22)/b7-4-,16-8+. The Kier molecular flexibility index (Phi) is 8.79. The van der Waals surface area contributed by atoms with Crippen molar-refractivity contribution in [3.05, 3.63) is 66.3 Å². The molecule has 0 spiro atoms. The van der Waals surface area contributed by atoms with Crippen molar-refractivity contribution < 1.29 is 24.2 Å². The summed E-state index contributed by atoms with van der Waals surface area (Å²) in [4.78, 5) is 22.7. The number of allylic oxidation sites excluding steroid dienone is 4. The van der Waals surface area contributed by atoms with Gasteiger partial charge in [0, 0.05) is 6.42 Å². The van der Waals surface area contributed by atoms with Crippen molar-refractivity contribution in [3.63, 3.8) is 0 Å². The summed E-state index contributed by atoms with van der Waals surface area (Å²) in [7, 11) is 0. The first kappa shape index (κ1) is 20.2. The molecule has 1 atom stereocenters. The number of hydrogen-bond donors (Lipinski definition) is 1. The van der Waals surface area contributed by atoms with Crippen LogP contribution >= 0.6 is 0 Å². The molecule has 25 heavy (non-hydrogen) atoms. The van der Waals surface area contributed by atoms with E-state index < -0.39 is 18.2 Å². The fraction of sp³-hybridized carbons (Fsp3) is 0.300. The average molecular weight is 344 g/mol. The van der Waals surface area contributed by atoms with Crippen LogP contribution in [0.3, 0.4) is 0 Å². The van der Waals surface area contributed by atoms with E-state index in [9.17, 15) is 14.7 Å². The molecule has 0 fully saturated rings. The Bertz CT molecular complexity index is 641. The maximum atomic E-state index is 11.4. The second kappa shape index (κ2) is 10.9. The zero-order valence-electron chi connectivity index (χ0n) is 14.6. The number of aliphatic carboxylic acids is 1. The van der Waals surface area contributed by atoms with Gasteiger partial charge >= 0.3 is 12.1 Å². The lowest BCUT2D eigenvalue weighted by atomic mass is 10.0. The number of carbonyl (C=O) groups excluding carboxylic acids is 1. The van der Waals surface area contributed by atoms with Crippen LogP contribution in [-0.2, 0) is 20.7 Å². The lowest BCUT2D eigenvalue weighted by Crippen LogP contribution is -2.29. The number of carboxylic acids is 1. The van der Waals surface area contributed by atoms with Crippen molar-refractivity contribution in [3.8, 4) is 0 Å². The van der Waals surface area contributed by atoms with Gasteiger partial charge in [-0.15, -0.1) is 0 Å². The van der Waals surface area contributed by atoms with E-state index in [2.05, 4.69) is 24.3 Å². The quantitative estimate of drug-likeness (QED) is 0.408. The lowest BCUT2D eigenvalue weighted by Gasteiger charge is -2.14. The van der Waals surface area contributed by atoms with Crippen LogP contribution in [0, 0.1) is 0 Å². The fourth-order valence-electron chi connectivity index (χ4n) is 2.19. The molecule has 1 aromatic rings. The van der Waals surface area contributed by atoms with Crippen molar-refractivity contribution in [2.75, 3.05) is 6.61 Å². The van der Waals surface area contributed by atoms with Gasteiger partial charge in [0.1, 0.15) is 6.61 Å². The number of benzene rings is 1. The summed E-state index contributed by atoms with van der Waals surface area (Å²) >= 11 is 0. The van der Waals surface area contributed by atoms with Crippen LogP contribution in [0.25, 0.3) is 5.57 Å². The highest BCUT2D eigenvalue weighted by Crippen LogP contribution is 2.19. The van der Waals surface area contributed by atoms with Gasteiger partial charge in [0.15, 0.2) is 0 Å². The first-order valence-electron chi connectivity index (χ1n) is 8.11. The van der Waals surface area contributed by atoms with Gasteiger partial charge in [-0.3, -0.25) is 0 Å². The summed E-state index contributed by atoms with van der Waals surface area (Å²) in [5, 5.41) is 9.22. The molecule has 1 N–H and O–H groups in total. The van der Waals surface area contributed by atoms with Crippen molar-refractivity contribution >= 4 is 17.7 Å². The molecule has 1 aromatic carbocycles. The molecule has 0 heterocycles. The molecule has 0 saturated carbocycles. The van der Waals surface area contributed by atoms with Crippen LogP contribution in [0.15, 0.2) is 55.1 Å². The largest absolute Gasteiger partial charge is 0.509 e. The Morgan fingerprint density at radius 3 is 2.48 bits per heavy atom. The highest BCUT2D eigenvalue weighted by molar-refractivity contribution is 5.76. The zero-order chi connectivity index (χ0) is 18.7. The molecule has 0 saturated heterocycles. The lowest BCUT2D eigenvalue weighted by molar-refractivity contribution is -0.148. The third-order valence-corrected chi connectivity index (χ3v) is 3.31. The number of carboxylic acid groups (broad SMARTS) is 1. The predicted molar refractivity (Wildman–Crippen MR) is 97.3 cm³/mol. The summed E-state index contributed by atoms with van der Waals surface area (Å²) in [6.07, 6.45) is 6.15. The minimum Gasteiger partial charge on any atom is -0.478 e. The van der Waals surface area contributed by atoms with E-state index in [4.69, 9.17) is 4.74 Å². The Morgan fingerprint density at radius 2 is 1.96 bits per heavy atom. The second-order valence-electron chi connectivity index (χ2n) is 5.26. The van der Waals surface area contributed by atoms with Crippen molar-refractivity contribution in [1.82, 2.24) is 0 Å². The maximum Gasteiger partial charge on any atom is 0.509 e.